The highest BCUT2D eigenvalue weighted by atomic mass is 19.3. The molecule has 0 bridgehead atoms. The van der Waals surface area contributed by atoms with Crippen molar-refractivity contribution in [1.29, 1.82) is 0 Å². The maximum Gasteiger partial charge on any atom is 0.388 e. The zero-order valence-corrected chi connectivity index (χ0v) is 17.4. The SMILES string of the molecule is Cc1nc(OC(F)F)ccc1Nc1nccc(C(=O)Nc2cnccc2-c2ccccc2)n1. The second-order valence-corrected chi connectivity index (χ2v) is 6.79. The van der Waals surface area contributed by atoms with Crippen molar-refractivity contribution in [3.8, 4) is 17.0 Å². The Balaban J connectivity index is 1.52. The number of hydrogen-bond acceptors (Lipinski definition) is 7. The van der Waals surface area contributed by atoms with Crippen molar-refractivity contribution >= 4 is 23.2 Å². The normalized spacial score (nSPS) is 10.7. The zero-order valence-electron chi connectivity index (χ0n) is 17.4. The Bertz CT molecular complexity index is 1270. The summed E-state index contributed by atoms with van der Waals surface area (Å²) in [5, 5.41) is 5.76. The number of nitrogens with zero attached hydrogens (tertiary/aromatic N) is 4. The molecule has 8 nitrogen and oxygen atoms in total. The van der Waals surface area contributed by atoms with Crippen molar-refractivity contribution in [3.05, 3.63) is 84.6 Å². The van der Waals surface area contributed by atoms with Crippen LogP contribution in [0.5, 0.6) is 5.88 Å². The predicted molar refractivity (Wildman–Crippen MR) is 119 cm³/mol. The van der Waals surface area contributed by atoms with Gasteiger partial charge in [0.25, 0.3) is 5.91 Å². The molecule has 0 radical (unpaired) electrons. The minimum atomic E-state index is -2.96. The van der Waals surface area contributed by atoms with Crippen molar-refractivity contribution in [1.82, 2.24) is 19.9 Å². The van der Waals surface area contributed by atoms with Gasteiger partial charge in [0.15, 0.2) is 0 Å². The fourth-order valence-electron chi connectivity index (χ4n) is 3.04. The van der Waals surface area contributed by atoms with E-state index in [-0.39, 0.29) is 17.5 Å². The minimum absolute atomic E-state index is 0.124. The lowest BCUT2D eigenvalue weighted by molar-refractivity contribution is -0.0529. The largest absolute Gasteiger partial charge is 0.417 e. The van der Waals surface area contributed by atoms with Crippen LogP contribution < -0.4 is 15.4 Å². The molecule has 1 amide bonds. The Hall–Kier alpha value is -4.47. The number of alkyl halides is 2. The van der Waals surface area contributed by atoms with Gasteiger partial charge < -0.3 is 15.4 Å². The van der Waals surface area contributed by atoms with E-state index in [0.29, 0.717) is 17.1 Å². The van der Waals surface area contributed by atoms with Gasteiger partial charge in [-0.15, -0.1) is 0 Å². The van der Waals surface area contributed by atoms with E-state index in [2.05, 4.69) is 35.3 Å². The molecule has 0 aliphatic carbocycles. The molecule has 1 aromatic carbocycles. The monoisotopic (exact) mass is 448 g/mol. The van der Waals surface area contributed by atoms with Gasteiger partial charge in [-0.1, -0.05) is 30.3 Å². The molecule has 0 aliphatic heterocycles. The van der Waals surface area contributed by atoms with E-state index in [1.165, 1.54) is 24.4 Å². The van der Waals surface area contributed by atoms with Gasteiger partial charge in [-0.2, -0.15) is 8.78 Å². The molecule has 0 fully saturated rings. The number of benzene rings is 1. The third-order valence-electron chi connectivity index (χ3n) is 4.56. The van der Waals surface area contributed by atoms with Gasteiger partial charge in [-0.05, 0) is 30.7 Å². The summed E-state index contributed by atoms with van der Waals surface area (Å²) in [5.74, 6) is -0.501. The van der Waals surface area contributed by atoms with Gasteiger partial charge in [-0.25, -0.2) is 15.0 Å². The highest BCUT2D eigenvalue weighted by Gasteiger charge is 2.14. The molecule has 2 N–H and O–H groups in total. The summed E-state index contributed by atoms with van der Waals surface area (Å²) in [6.45, 7) is -1.35. The van der Waals surface area contributed by atoms with Crippen molar-refractivity contribution < 1.29 is 18.3 Å². The molecule has 0 atom stereocenters. The zero-order chi connectivity index (χ0) is 23.2. The van der Waals surface area contributed by atoms with E-state index in [1.54, 1.807) is 19.3 Å². The van der Waals surface area contributed by atoms with Crippen molar-refractivity contribution in [2.45, 2.75) is 13.5 Å². The number of nitrogens with one attached hydrogen (secondary N) is 2. The van der Waals surface area contributed by atoms with E-state index in [0.717, 1.165) is 11.1 Å². The van der Waals surface area contributed by atoms with E-state index >= 15 is 0 Å². The number of aryl methyl sites for hydroxylation is 1. The first-order valence-corrected chi connectivity index (χ1v) is 9.83. The van der Waals surface area contributed by atoms with Crippen LogP contribution in [0.25, 0.3) is 11.1 Å². The average Bonchev–Trinajstić information content (AvgIpc) is 2.81. The average molecular weight is 448 g/mol. The molecular weight excluding hydrogens is 430 g/mol. The summed E-state index contributed by atoms with van der Waals surface area (Å²) >= 11 is 0. The van der Waals surface area contributed by atoms with Crippen LogP contribution in [0.4, 0.5) is 26.1 Å². The van der Waals surface area contributed by atoms with Gasteiger partial charge in [0.2, 0.25) is 11.8 Å². The molecule has 3 aromatic heterocycles. The van der Waals surface area contributed by atoms with Gasteiger partial charge in [0, 0.05) is 24.0 Å². The first-order valence-electron chi connectivity index (χ1n) is 9.83. The van der Waals surface area contributed by atoms with Crippen molar-refractivity contribution in [3.63, 3.8) is 0 Å². The third-order valence-corrected chi connectivity index (χ3v) is 4.56. The third kappa shape index (κ3) is 5.42. The highest BCUT2D eigenvalue weighted by molar-refractivity contribution is 6.05. The van der Waals surface area contributed by atoms with Gasteiger partial charge in [-0.3, -0.25) is 9.78 Å². The first kappa shape index (κ1) is 21.8. The molecule has 10 heteroatoms. The van der Waals surface area contributed by atoms with Crippen molar-refractivity contribution in [2.24, 2.45) is 0 Å². The number of aromatic nitrogens is 4. The second kappa shape index (κ2) is 9.77. The standard InChI is InChI=1S/C23H18F2N6O2/c1-14-17(7-8-20(28-14)33-22(24)25)30-23-27-12-10-18(31-23)21(32)29-19-13-26-11-9-16(19)15-5-3-2-4-6-15/h2-13,22H,1H3,(H,29,32)(H,27,30,31). The molecule has 33 heavy (non-hydrogen) atoms. The summed E-state index contributed by atoms with van der Waals surface area (Å²) in [4.78, 5) is 29.3. The van der Waals surface area contributed by atoms with Crippen LogP contribution in [0, 0.1) is 6.92 Å². The molecule has 0 spiro atoms. The lowest BCUT2D eigenvalue weighted by Crippen LogP contribution is -2.15. The van der Waals surface area contributed by atoms with Crippen LogP contribution in [0.1, 0.15) is 16.2 Å². The first-order chi connectivity index (χ1) is 16.0. The van der Waals surface area contributed by atoms with Crippen molar-refractivity contribution in [2.75, 3.05) is 10.6 Å². The Kier molecular flexibility index (Phi) is 6.44. The number of amides is 1. The molecule has 3 heterocycles. The minimum Gasteiger partial charge on any atom is -0.417 e. The lowest BCUT2D eigenvalue weighted by atomic mass is 10.1. The van der Waals surface area contributed by atoms with Crippen LogP contribution in [0.3, 0.4) is 0 Å². The Labute approximate surface area is 187 Å². The summed E-state index contributed by atoms with van der Waals surface area (Å²) < 4.78 is 29.0. The van der Waals surface area contributed by atoms with Crippen LogP contribution in [0.2, 0.25) is 0 Å². The molecule has 0 saturated carbocycles. The number of hydrogen-bond donors (Lipinski definition) is 2. The molecule has 0 saturated heterocycles. The van der Waals surface area contributed by atoms with E-state index in [1.807, 2.05) is 36.4 Å². The Morgan fingerprint density at radius 3 is 2.55 bits per heavy atom. The van der Waals surface area contributed by atoms with E-state index < -0.39 is 12.5 Å². The van der Waals surface area contributed by atoms with Crippen LogP contribution in [-0.4, -0.2) is 32.5 Å². The maximum absolute atomic E-state index is 12.9. The molecule has 0 aliphatic rings. The fraction of sp³-hybridized carbons (Fsp3) is 0.0870. The van der Waals surface area contributed by atoms with Gasteiger partial charge >= 0.3 is 6.61 Å². The number of halogens is 2. The summed E-state index contributed by atoms with van der Waals surface area (Å²) in [6.07, 6.45) is 4.65. The number of ether oxygens (including phenoxy) is 1. The number of carbonyl (C=O) groups excluding carboxylic acids is 1. The molecule has 4 aromatic rings. The maximum atomic E-state index is 12.9. The highest BCUT2D eigenvalue weighted by Crippen LogP contribution is 2.27. The number of carbonyl (C=O) groups is 1. The number of anilines is 3. The molecule has 0 unspecified atom stereocenters. The second-order valence-electron chi connectivity index (χ2n) is 6.79. The predicted octanol–water partition coefficient (Wildman–Crippen LogP) is 4.84. The smallest absolute Gasteiger partial charge is 0.388 e. The fourth-order valence-corrected chi connectivity index (χ4v) is 3.04. The van der Waals surface area contributed by atoms with Crippen LogP contribution in [0.15, 0.2) is 73.2 Å². The molecule has 166 valence electrons. The summed E-state index contributed by atoms with van der Waals surface area (Å²) in [6, 6.07) is 15.7. The Morgan fingerprint density at radius 2 is 1.79 bits per heavy atom. The van der Waals surface area contributed by atoms with Crippen LogP contribution in [-0.2, 0) is 0 Å². The number of pyridine rings is 2. The Morgan fingerprint density at radius 1 is 0.970 bits per heavy atom. The summed E-state index contributed by atoms with van der Waals surface area (Å²) in [7, 11) is 0. The quantitative estimate of drug-likeness (QED) is 0.417. The van der Waals surface area contributed by atoms with E-state index in [9.17, 15) is 13.6 Å². The topological polar surface area (TPSA) is 102 Å². The van der Waals surface area contributed by atoms with Gasteiger partial charge in [0.05, 0.1) is 23.3 Å². The number of rotatable bonds is 7. The lowest BCUT2D eigenvalue weighted by Gasteiger charge is -2.12. The van der Waals surface area contributed by atoms with Gasteiger partial charge in [0.1, 0.15) is 5.69 Å². The summed E-state index contributed by atoms with van der Waals surface area (Å²) in [5.41, 5.74) is 3.29. The molecular formula is C23H18F2N6O2. The molecule has 4 rings (SSSR count). The van der Waals surface area contributed by atoms with Crippen LogP contribution >= 0.6 is 0 Å². The van der Waals surface area contributed by atoms with E-state index in [4.69, 9.17) is 0 Å².